The zero-order chi connectivity index (χ0) is 24.2. The van der Waals surface area contributed by atoms with E-state index in [9.17, 15) is 14.4 Å². The number of halogens is 1. The monoisotopic (exact) mass is 521 g/mol. The number of ketones is 1. The van der Waals surface area contributed by atoms with Crippen molar-refractivity contribution in [1.29, 1.82) is 0 Å². The highest BCUT2D eigenvalue weighted by Gasteiger charge is 2.31. The first-order valence-corrected chi connectivity index (χ1v) is 12.2. The van der Waals surface area contributed by atoms with Crippen LogP contribution in [0.4, 0.5) is 0 Å². The van der Waals surface area contributed by atoms with Gasteiger partial charge in [0.1, 0.15) is 0 Å². The summed E-state index contributed by atoms with van der Waals surface area (Å²) in [6, 6.07) is 15.8. The van der Waals surface area contributed by atoms with Gasteiger partial charge in [-0.1, -0.05) is 59.8 Å². The summed E-state index contributed by atoms with van der Waals surface area (Å²) in [7, 11) is 0. The molecular formula is C27H28BrN3O3. The second-order valence-corrected chi connectivity index (χ2v) is 9.83. The minimum Gasteiger partial charge on any atom is -0.351 e. The Morgan fingerprint density at radius 2 is 1.91 bits per heavy atom. The van der Waals surface area contributed by atoms with Gasteiger partial charge in [-0.25, -0.2) is 0 Å². The highest BCUT2D eigenvalue weighted by atomic mass is 79.9. The van der Waals surface area contributed by atoms with Crippen LogP contribution in [0.5, 0.6) is 0 Å². The van der Waals surface area contributed by atoms with Crippen LogP contribution in [0.25, 0.3) is 10.9 Å². The molecule has 4 rings (SSSR count). The van der Waals surface area contributed by atoms with E-state index in [0.717, 1.165) is 15.4 Å². The molecule has 0 spiro atoms. The Morgan fingerprint density at radius 3 is 2.62 bits per heavy atom. The minimum absolute atomic E-state index is 0.0835. The smallest absolute Gasteiger partial charge is 0.253 e. The predicted molar refractivity (Wildman–Crippen MR) is 137 cm³/mol. The molecule has 0 aliphatic carbocycles. The largest absolute Gasteiger partial charge is 0.351 e. The normalized spacial score (nSPS) is 14.5. The van der Waals surface area contributed by atoms with Crippen LogP contribution in [0.2, 0.25) is 0 Å². The van der Waals surface area contributed by atoms with E-state index in [1.807, 2.05) is 41.0 Å². The highest BCUT2D eigenvalue weighted by molar-refractivity contribution is 9.10. The summed E-state index contributed by atoms with van der Waals surface area (Å²) in [5.41, 5.74) is 2.56. The van der Waals surface area contributed by atoms with Gasteiger partial charge < -0.3 is 14.8 Å². The summed E-state index contributed by atoms with van der Waals surface area (Å²) in [6.45, 7) is 7.46. The Kier molecular flexibility index (Phi) is 7.32. The molecule has 2 amide bonds. The lowest BCUT2D eigenvalue weighted by Gasteiger charge is -2.38. The molecule has 1 saturated heterocycles. The van der Waals surface area contributed by atoms with E-state index in [0.29, 0.717) is 31.6 Å². The lowest BCUT2D eigenvalue weighted by Crippen LogP contribution is -2.50. The van der Waals surface area contributed by atoms with Crippen molar-refractivity contribution >= 4 is 44.4 Å². The first-order chi connectivity index (χ1) is 16.4. The maximum Gasteiger partial charge on any atom is 0.253 e. The van der Waals surface area contributed by atoms with Crippen LogP contribution in [-0.2, 0) is 16.1 Å². The number of nitrogens with one attached hydrogen (secondary N) is 1. The molecule has 1 aromatic heterocycles. The Balaban J connectivity index is 1.44. The Bertz CT molecular complexity index is 1230. The molecule has 6 nitrogen and oxygen atoms in total. The average Bonchev–Trinajstić information content (AvgIpc) is 3.16. The number of amides is 2. The molecule has 7 heteroatoms. The van der Waals surface area contributed by atoms with Crippen molar-refractivity contribution in [3.05, 3.63) is 83.0 Å². The van der Waals surface area contributed by atoms with Crippen LogP contribution in [0.3, 0.4) is 0 Å². The van der Waals surface area contributed by atoms with Crippen LogP contribution >= 0.6 is 15.9 Å². The van der Waals surface area contributed by atoms with Crippen molar-refractivity contribution in [3.63, 3.8) is 0 Å². The summed E-state index contributed by atoms with van der Waals surface area (Å²) < 4.78 is 2.72. The minimum atomic E-state index is -0.158. The molecule has 0 saturated carbocycles. The van der Waals surface area contributed by atoms with Gasteiger partial charge in [0, 0.05) is 53.5 Å². The number of Topliss-reactive ketones (excluding diaryl/α,β-unsaturated/α-hetero) is 1. The first kappa shape index (κ1) is 24.0. The van der Waals surface area contributed by atoms with Crippen molar-refractivity contribution in [1.82, 2.24) is 14.8 Å². The van der Waals surface area contributed by atoms with E-state index in [-0.39, 0.29) is 36.0 Å². The zero-order valence-corrected chi connectivity index (χ0v) is 20.8. The third-order valence-electron chi connectivity index (χ3n) is 6.33. The number of hydrogen-bond donors (Lipinski definition) is 1. The van der Waals surface area contributed by atoms with Crippen LogP contribution in [0, 0.1) is 5.92 Å². The summed E-state index contributed by atoms with van der Waals surface area (Å²) >= 11 is 3.49. The van der Waals surface area contributed by atoms with Crippen molar-refractivity contribution < 1.29 is 14.4 Å². The Hall–Kier alpha value is -3.19. The number of nitrogens with zero attached hydrogens (tertiary/aromatic N) is 2. The second-order valence-electron chi connectivity index (χ2n) is 8.91. The van der Waals surface area contributed by atoms with Crippen molar-refractivity contribution in [2.24, 2.45) is 5.92 Å². The van der Waals surface area contributed by atoms with Crippen molar-refractivity contribution in [3.8, 4) is 0 Å². The summed E-state index contributed by atoms with van der Waals surface area (Å²) in [6.07, 6.45) is 3.48. The molecule has 34 heavy (non-hydrogen) atoms. The van der Waals surface area contributed by atoms with E-state index >= 15 is 0 Å². The van der Waals surface area contributed by atoms with Crippen LogP contribution in [-0.4, -0.2) is 46.7 Å². The fourth-order valence-corrected chi connectivity index (χ4v) is 4.77. The van der Waals surface area contributed by atoms with Gasteiger partial charge in [-0.3, -0.25) is 14.4 Å². The number of benzene rings is 2. The predicted octanol–water partition coefficient (Wildman–Crippen LogP) is 4.54. The number of carbonyl (C=O) groups is 3. The topological polar surface area (TPSA) is 71.4 Å². The van der Waals surface area contributed by atoms with E-state index < -0.39 is 0 Å². The van der Waals surface area contributed by atoms with Gasteiger partial charge in [-0.2, -0.15) is 0 Å². The lowest BCUT2D eigenvalue weighted by atomic mass is 9.94. The molecule has 2 heterocycles. The van der Waals surface area contributed by atoms with Gasteiger partial charge in [0.05, 0.1) is 12.1 Å². The van der Waals surface area contributed by atoms with Crippen molar-refractivity contribution in [2.75, 3.05) is 19.6 Å². The summed E-state index contributed by atoms with van der Waals surface area (Å²) in [5.74, 6) is 0.189. The fraction of sp³-hybridized carbons (Fsp3) is 0.296. The van der Waals surface area contributed by atoms with E-state index in [1.165, 1.54) is 11.6 Å². The van der Waals surface area contributed by atoms with Gasteiger partial charge in [-0.05, 0) is 35.8 Å². The molecule has 1 aliphatic heterocycles. The SMILES string of the molecule is C=CC(=O)N1CC(CC(=O)Cn2cc(C(=O)NCC(C)c3ccccc3)c3cc(Br)ccc32)C1. The molecule has 0 radical (unpaired) electrons. The molecular weight excluding hydrogens is 494 g/mol. The molecule has 1 atom stereocenters. The molecule has 2 aromatic carbocycles. The van der Waals surface area contributed by atoms with E-state index in [4.69, 9.17) is 0 Å². The lowest BCUT2D eigenvalue weighted by molar-refractivity contribution is -0.134. The number of carbonyl (C=O) groups excluding carboxylic acids is 3. The quantitative estimate of drug-likeness (QED) is 0.420. The summed E-state index contributed by atoms with van der Waals surface area (Å²) in [5, 5.41) is 3.85. The standard InChI is InChI=1S/C27H28BrN3O3/c1-3-26(33)31-14-19(15-31)11-22(32)16-30-17-24(23-12-21(28)9-10-25(23)30)27(34)29-13-18(2)20-7-5-4-6-8-20/h3-10,12,17-19H,1,11,13-16H2,2H3,(H,29,34). The number of aromatic nitrogens is 1. The Labute approximate surface area is 207 Å². The molecule has 1 fully saturated rings. The third-order valence-corrected chi connectivity index (χ3v) is 6.82. The fourth-order valence-electron chi connectivity index (χ4n) is 4.41. The van der Waals surface area contributed by atoms with E-state index in [1.54, 1.807) is 11.1 Å². The van der Waals surface area contributed by atoms with Gasteiger partial charge in [0.15, 0.2) is 5.78 Å². The summed E-state index contributed by atoms with van der Waals surface area (Å²) in [4.78, 5) is 39.2. The van der Waals surface area contributed by atoms with Gasteiger partial charge >= 0.3 is 0 Å². The second kappa shape index (κ2) is 10.4. The molecule has 1 unspecified atom stereocenters. The maximum absolute atomic E-state index is 13.1. The van der Waals surface area contributed by atoms with Crippen LogP contribution in [0.15, 0.2) is 71.9 Å². The zero-order valence-electron chi connectivity index (χ0n) is 19.2. The number of hydrogen-bond acceptors (Lipinski definition) is 3. The molecule has 1 aliphatic rings. The van der Waals surface area contributed by atoms with E-state index in [2.05, 4.69) is 46.9 Å². The Morgan fingerprint density at radius 1 is 1.18 bits per heavy atom. The van der Waals surface area contributed by atoms with Crippen LogP contribution < -0.4 is 5.32 Å². The van der Waals surface area contributed by atoms with Gasteiger partial charge in [-0.15, -0.1) is 0 Å². The molecule has 3 aromatic rings. The number of fused-ring (bicyclic) bond motifs is 1. The molecule has 0 bridgehead atoms. The average molecular weight is 522 g/mol. The van der Waals surface area contributed by atoms with Gasteiger partial charge in [0.25, 0.3) is 5.91 Å². The number of likely N-dealkylation sites (tertiary alicyclic amines) is 1. The van der Waals surface area contributed by atoms with Crippen LogP contribution in [0.1, 0.15) is 35.2 Å². The highest BCUT2D eigenvalue weighted by Crippen LogP contribution is 2.27. The molecule has 1 N–H and O–H groups in total. The van der Waals surface area contributed by atoms with Gasteiger partial charge in [0.2, 0.25) is 5.91 Å². The molecule has 176 valence electrons. The van der Waals surface area contributed by atoms with Crippen molar-refractivity contribution in [2.45, 2.75) is 25.8 Å². The first-order valence-electron chi connectivity index (χ1n) is 11.4. The maximum atomic E-state index is 13.1. The third kappa shape index (κ3) is 5.30. The number of rotatable bonds is 9.